The zero-order valence-corrected chi connectivity index (χ0v) is 21.7. The van der Waals surface area contributed by atoms with Crippen LogP contribution in [0.25, 0.3) is 0 Å². The Morgan fingerprint density at radius 3 is 2.03 bits per heavy atom. The number of carbonyl (C=O) groups excluding carboxylic acids is 4. The molecule has 0 aliphatic heterocycles. The zero-order chi connectivity index (χ0) is 27.3. The van der Waals surface area contributed by atoms with Gasteiger partial charge in [0.15, 0.2) is 12.0 Å². The number of aliphatic hydroxyl groups is 1. The van der Waals surface area contributed by atoms with Crippen molar-refractivity contribution in [3.63, 3.8) is 0 Å². The lowest BCUT2D eigenvalue weighted by atomic mass is 9.97. The van der Waals surface area contributed by atoms with E-state index in [0.29, 0.717) is 12.8 Å². The second-order valence-corrected chi connectivity index (χ2v) is 9.27. The number of aliphatic hydroxyl groups excluding tert-OH is 1. The molecule has 0 saturated heterocycles. The third-order valence-electron chi connectivity index (χ3n) is 4.98. The molecule has 0 aromatic heterocycles. The molecule has 0 bridgehead atoms. The highest BCUT2D eigenvalue weighted by atomic mass is 16.6. The number of aliphatic imine (C=N–C) groups is 1. The van der Waals surface area contributed by atoms with E-state index in [1.54, 1.807) is 27.7 Å². The Morgan fingerprint density at radius 1 is 1.00 bits per heavy atom. The standard InChI is InChI=1S/C22H42N6O7/c1-8-12(2)15(18(31)28-16(13(3)29)19(32)34-7)27-17(30)14(10-9-11-25-20(23)24)26-21(33)35-22(4,5)6/h12-16,29H,8-11H2,1-7H3,(H,26,33)(H,27,30)(H,28,31)(H4,23,24,25)/t12-,13-,14+,15-,16-/m0/s1. The summed E-state index contributed by atoms with van der Waals surface area (Å²) >= 11 is 0. The van der Waals surface area contributed by atoms with Gasteiger partial charge in [-0.05, 0) is 46.5 Å². The van der Waals surface area contributed by atoms with Crippen molar-refractivity contribution in [3.8, 4) is 0 Å². The number of nitrogens with two attached hydrogens (primary N) is 2. The Kier molecular flexibility index (Phi) is 13.7. The van der Waals surface area contributed by atoms with Crippen molar-refractivity contribution in [1.82, 2.24) is 16.0 Å². The molecular formula is C22H42N6O7. The van der Waals surface area contributed by atoms with Crippen molar-refractivity contribution in [2.24, 2.45) is 22.4 Å². The highest BCUT2D eigenvalue weighted by Crippen LogP contribution is 2.12. The van der Waals surface area contributed by atoms with E-state index in [9.17, 15) is 24.3 Å². The summed E-state index contributed by atoms with van der Waals surface area (Å²) in [7, 11) is 1.13. The van der Waals surface area contributed by atoms with Crippen molar-refractivity contribution in [1.29, 1.82) is 0 Å². The first kappa shape index (κ1) is 31.9. The summed E-state index contributed by atoms with van der Waals surface area (Å²) in [6.45, 7) is 10.2. The van der Waals surface area contributed by atoms with E-state index in [4.69, 9.17) is 16.2 Å². The molecule has 0 aliphatic rings. The Bertz CT molecular complexity index is 747. The number of amides is 3. The van der Waals surface area contributed by atoms with Crippen LogP contribution in [0.15, 0.2) is 4.99 Å². The third-order valence-corrected chi connectivity index (χ3v) is 4.98. The minimum atomic E-state index is -1.31. The minimum absolute atomic E-state index is 0.0992. The number of hydrogen-bond donors (Lipinski definition) is 6. The molecule has 0 aliphatic carbocycles. The monoisotopic (exact) mass is 502 g/mol. The van der Waals surface area contributed by atoms with Gasteiger partial charge in [-0.25, -0.2) is 9.59 Å². The number of methoxy groups -OCH3 is 1. The summed E-state index contributed by atoms with van der Waals surface area (Å²) in [5.74, 6) is -2.58. The lowest BCUT2D eigenvalue weighted by Gasteiger charge is -2.29. The van der Waals surface area contributed by atoms with Gasteiger partial charge in [0, 0.05) is 6.54 Å². The topological polar surface area (TPSA) is 207 Å². The first-order valence-corrected chi connectivity index (χ1v) is 11.5. The average molecular weight is 503 g/mol. The van der Waals surface area contributed by atoms with Gasteiger partial charge in [-0.3, -0.25) is 14.6 Å². The number of ether oxygens (including phenoxy) is 2. The van der Waals surface area contributed by atoms with Crippen molar-refractivity contribution >= 4 is 29.8 Å². The van der Waals surface area contributed by atoms with E-state index >= 15 is 0 Å². The first-order valence-electron chi connectivity index (χ1n) is 11.5. The van der Waals surface area contributed by atoms with Gasteiger partial charge in [0.2, 0.25) is 11.8 Å². The maximum absolute atomic E-state index is 13.1. The SMILES string of the molecule is CC[C@H](C)[C@H](NC(=O)[C@@H](CCCN=C(N)N)NC(=O)OC(C)(C)C)C(=O)N[C@H](C(=O)OC)[C@H](C)O. The Morgan fingerprint density at radius 2 is 1.57 bits per heavy atom. The number of guanidine groups is 1. The number of rotatable bonds is 13. The lowest BCUT2D eigenvalue weighted by Crippen LogP contribution is -2.59. The zero-order valence-electron chi connectivity index (χ0n) is 21.7. The minimum Gasteiger partial charge on any atom is -0.467 e. The molecule has 0 unspecified atom stereocenters. The molecule has 13 heteroatoms. The van der Waals surface area contributed by atoms with E-state index in [0.717, 1.165) is 7.11 Å². The predicted molar refractivity (Wildman–Crippen MR) is 130 cm³/mol. The summed E-state index contributed by atoms with van der Waals surface area (Å²) in [5.41, 5.74) is 9.86. The molecule has 0 saturated carbocycles. The van der Waals surface area contributed by atoms with Gasteiger partial charge in [0.1, 0.15) is 17.7 Å². The van der Waals surface area contributed by atoms with Crippen LogP contribution in [0.4, 0.5) is 4.79 Å². The van der Waals surface area contributed by atoms with Crippen LogP contribution in [-0.2, 0) is 23.9 Å². The van der Waals surface area contributed by atoms with Gasteiger partial charge >= 0.3 is 12.1 Å². The molecule has 0 aromatic rings. The molecule has 5 atom stereocenters. The molecule has 13 nitrogen and oxygen atoms in total. The molecule has 0 radical (unpaired) electrons. The number of hydrogen-bond acceptors (Lipinski definition) is 8. The van der Waals surface area contributed by atoms with Crippen LogP contribution in [0, 0.1) is 5.92 Å². The molecule has 35 heavy (non-hydrogen) atoms. The maximum atomic E-state index is 13.1. The van der Waals surface area contributed by atoms with Gasteiger partial charge in [0.05, 0.1) is 13.2 Å². The van der Waals surface area contributed by atoms with Crippen molar-refractivity contribution in [3.05, 3.63) is 0 Å². The van der Waals surface area contributed by atoms with Crippen molar-refractivity contribution in [2.75, 3.05) is 13.7 Å². The summed E-state index contributed by atoms with van der Waals surface area (Å²) in [6.07, 6.45) is -0.987. The lowest BCUT2D eigenvalue weighted by molar-refractivity contribution is -0.148. The van der Waals surface area contributed by atoms with E-state index in [1.165, 1.54) is 6.92 Å². The maximum Gasteiger partial charge on any atom is 0.408 e. The van der Waals surface area contributed by atoms with Crippen LogP contribution in [0.1, 0.15) is 60.8 Å². The fraction of sp³-hybridized carbons (Fsp3) is 0.773. The van der Waals surface area contributed by atoms with Crippen LogP contribution in [-0.4, -0.2) is 78.4 Å². The summed E-state index contributed by atoms with van der Waals surface area (Å²) in [4.78, 5) is 54.2. The van der Waals surface area contributed by atoms with E-state index in [-0.39, 0.29) is 24.8 Å². The summed E-state index contributed by atoms with van der Waals surface area (Å²) in [6, 6.07) is -3.42. The van der Waals surface area contributed by atoms with Crippen LogP contribution in [0.3, 0.4) is 0 Å². The molecule has 8 N–H and O–H groups in total. The smallest absolute Gasteiger partial charge is 0.408 e. The molecule has 0 spiro atoms. The molecule has 3 amide bonds. The summed E-state index contributed by atoms with van der Waals surface area (Å²) in [5, 5.41) is 17.5. The molecule has 0 heterocycles. The van der Waals surface area contributed by atoms with Crippen LogP contribution < -0.4 is 27.4 Å². The van der Waals surface area contributed by atoms with Gasteiger partial charge in [-0.2, -0.15) is 0 Å². The normalized spacial score (nSPS) is 15.4. The number of alkyl carbamates (subject to hydrolysis) is 1. The van der Waals surface area contributed by atoms with Gasteiger partial charge in [-0.15, -0.1) is 0 Å². The molecule has 0 aromatic carbocycles. The Balaban J connectivity index is 5.66. The number of nitrogens with zero attached hydrogens (tertiary/aromatic N) is 1. The van der Waals surface area contributed by atoms with Crippen molar-refractivity contribution < 1.29 is 33.8 Å². The fourth-order valence-electron chi connectivity index (χ4n) is 2.92. The van der Waals surface area contributed by atoms with Crippen LogP contribution >= 0.6 is 0 Å². The van der Waals surface area contributed by atoms with Gasteiger partial charge < -0.3 is 42.0 Å². The average Bonchev–Trinajstić information content (AvgIpc) is 2.74. The molecular weight excluding hydrogens is 460 g/mol. The highest BCUT2D eigenvalue weighted by molar-refractivity contribution is 5.93. The second kappa shape index (κ2) is 15.0. The number of carbonyl (C=O) groups is 4. The number of nitrogens with one attached hydrogen (secondary N) is 3. The molecule has 0 rings (SSSR count). The molecule has 202 valence electrons. The predicted octanol–water partition coefficient (Wildman–Crippen LogP) is -0.497. The fourth-order valence-corrected chi connectivity index (χ4v) is 2.92. The van der Waals surface area contributed by atoms with E-state index < -0.39 is 53.7 Å². The largest absolute Gasteiger partial charge is 0.467 e. The third kappa shape index (κ3) is 12.8. The van der Waals surface area contributed by atoms with Crippen LogP contribution in [0.2, 0.25) is 0 Å². The Hall–Kier alpha value is -3.09. The first-order chi connectivity index (χ1) is 16.1. The van der Waals surface area contributed by atoms with E-state index in [1.807, 2.05) is 6.92 Å². The Labute approximate surface area is 206 Å². The highest BCUT2D eigenvalue weighted by Gasteiger charge is 2.34. The second-order valence-electron chi connectivity index (χ2n) is 9.27. The summed E-state index contributed by atoms with van der Waals surface area (Å²) < 4.78 is 9.87. The van der Waals surface area contributed by atoms with Crippen molar-refractivity contribution in [2.45, 2.75) is 90.6 Å². The van der Waals surface area contributed by atoms with Crippen LogP contribution in [0.5, 0.6) is 0 Å². The molecule has 0 fully saturated rings. The quantitative estimate of drug-likeness (QED) is 0.0829. The van der Waals surface area contributed by atoms with Gasteiger partial charge in [-0.1, -0.05) is 20.3 Å². The number of esters is 1. The van der Waals surface area contributed by atoms with Gasteiger partial charge in [0.25, 0.3) is 0 Å². The van der Waals surface area contributed by atoms with E-state index in [2.05, 4.69) is 25.7 Å².